The number of hydrogen-bond acceptors (Lipinski definition) is 5. The van der Waals surface area contributed by atoms with Crippen molar-refractivity contribution in [2.24, 2.45) is 11.8 Å². The second-order valence-electron chi connectivity index (χ2n) is 9.95. The molecule has 7 heteroatoms. The standard InChI is InChI=1S/C28H34FNO5/c1-17(2)26(31)30(3)21-10-11-24(33-4)23(14-21)19-15-28(35-16-19)13-12-22(27(32)34-5)25(28)18-6-8-20(29)9-7-18/h6-11,14,17,19,22,25H,12-13,15-16H2,1-5H3/t19-,22+,25-,28-/m1/s1. The maximum absolute atomic E-state index is 13.7. The van der Waals surface area contributed by atoms with Crippen LogP contribution < -0.4 is 9.64 Å². The van der Waals surface area contributed by atoms with Gasteiger partial charge >= 0.3 is 5.97 Å². The van der Waals surface area contributed by atoms with E-state index in [9.17, 15) is 14.0 Å². The zero-order valence-corrected chi connectivity index (χ0v) is 21.0. The first kappa shape index (κ1) is 25.2. The fourth-order valence-corrected chi connectivity index (χ4v) is 5.86. The van der Waals surface area contributed by atoms with Gasteiger partial charge in [0.05, 0.1) is 32.3 Å². The van der Waals surface area contributed by atoms with Crippen LogP contribution in [0.4, 0.5) is 10.1 Å². The number of esters is 1. The first-order valence-electron chi connectivity index (χ1n) is 12.1. The third-order valence-electron chi connectivity index (χ3n) is 7.61. The predicted molar refractivity (Wildman–Crippen MR) is 131 cm³/mol. The number of carbonyl (C=O) groups is 2. The van der Waals surface area contributed by atoms with Gasteiger partial charge in [-0.15, -0.1) is 0 Å². The Balaban J connectivity index is 1.68. The van der Waals surface area contributed by atoms with Crippen molar-refractivity contribution in [1.82, 2.24) is 0 Å². The summed E-state index contributed by atoms with van der Waals surface area (Å²) in [5, 5.41) is 0. The van der Waals surface area contributed by atoms with Gasteiger partial charge < -0.3 is 19.1 Å². The lowest BCUT2D eigenvalue weighted by atomic mass is 9.76. The number of anilines is 1. The highest BCUT2D eigenvalue weighted by molar-refractivity contribution is 5.94. The van der Waals surface area contributed by atoms with Crippen LogP contribution in [0.25, 0.3) is 0 Å². The first-order chi connectivity index (χ1) is 16.7. The Morgan fingerprint density at radius 2 is 1.86 bits per heavy atom. The van der Waals surface area contributed by atoms with Crippen LogP contribution in [0.3, 0.4) is 0 Å². The number of hydrogen-bond donors (Lipinski definition) is 0. The number of ether oxygens (including phenoxy) is 3. The molecular weight excluding hydrogens is 449 g/mol. The van der Waals surface area contributed by atoms with E-state index in [2.05, 4.69) is 0 Å². The van der Waals surface area contributed by atoms with E-state index in [-0.39, 0.29) is 41.4 Å². The summed E-state index contributed by atoms with van der Waals surface area (Å²) in [7, 11) is 4.82. The van der Waals surface area contributed by atoms with Crippen molar-refractivity contribution in [3.63, 3.8) is 0 Å². The molecule has 1 aliphatic heterocycles. The zero-order chi connectivity index (χ0) is 25.3. The summed E-state index contributed by atoms with van der Waals surface area (Å²) in [6.45, 7) is 4.23. The largest absolute Gasteiger partial charge is 0.496 e. The van der Waals surface area contributed by atoms with Crippen molar-refractivity contribution in [3.8, 4) is 5.75 Å². The normalized spacial score (nSPS) is 25.7. The van der Waals surface area contributed by atoms with E-state index < -0.39 is 5.60 Å². The molecule has 1 saturated carbocycles. The lowest BCUT2D eigenvalue weighted by Gasteiger charge is -2.33. The van der Waals surface area contributed by atoms with Crippen LogP contribution in [0.1, 0.15) is 56.1 Å². The van der Waals surface area contributed by atoms with Crippen molar-refractivity contribution in [3.05, 3.63) is 59.4 Å². The summed E-state index contributed by atoms with van der Waals surface area (Å²) in [5.74, 6) is -0.495. The molecule has 0 radical (unpaired) electrons. The van der Waals surface area contributed by atoms with Crippen molar-refractivity contribution in [1.29, 1.82) is 0 Å². The molecule has 2 aromatic rings. The monoisotopic (exact) mass is 483 g/mol. The second kappa shape index (κ2) is 9.97. The minimum absolute atomic E-state index is 0.0202. The number of benzene rings is 2. The molecule has 4 rings (SSSR count). The molecule has 1 amide bonds. The van der Waals surface area contributed by atoms with E-state index in [1.54, 1.807) is 31.2 Å². The van der Waals surface area contributed by atoms with Crippen molar-refractivity contribution >= 4 is 17.6 Å². The van der Waals surface area contributed by atoms with E-state index in [0.717, 1.165) is 22.6 Å². The van der Waals surface area contributed by atoms with Crippen LogP contribution in [0.15, 0.2) is 42.5 Å². The molecule has 0 unspecified atom stereocenters. The lowest BCUT2D eigenvalue weighted by molar-refractivity contribution is -0.146. The Kier molecular flexibility index (Phi) is 7.17. The summed E-state index contributed by atoms with van der Waals surface area (Å²) in [6.07, 6.45) is 2.04. The molecule has 2 aromatic carbocycles. The van der Waals surface area contributed by atoms with Crippen molar-refractivity contribution in [2.75, 3.05) is 32.8 Å². The zero-order valence-electron chi connectivity index (χ0n) is 21.0. The minimum Gasteiger partial charge on any atom is -0.496 e. The minimum atomic E-state index is -0.567. The number of carbonyl (C=O) groups excluding carboxylic acids is 2. The van der Waals surface area contributed by atoms with Gasteiger partial charge in [0.2, 0.25) is 5.91 Å². The third kappa shape index (κ3) is 4.66. The summed E-state index contributed by atoms with van der Waals surface area (Å²) >= 11 is 0. The molecule has 1 saturated heterocycles. The molecule has 2 aliphatic rings. The Bertz CT molecular complexity index is 1090. The van der Waals surface area contributed by atoms with Crippen LogP contribution in [-0.2, 0) is 19.1 Å². The highest BCUT2D eigenvalue weighted by Crippen LogP contribution is 2.57. The Hall–Kier alpha value is -2.93. The Labute approximate surface area is 206 Å². The molecule has 6 nitrogen and oxygen atoms in total. The fraction of sp³-hybridized carbons (Fsp3) is 0.500. The van der Waals surface area contributed by atoms with Crippen LogP contribution in [0.2, 0.25) is 0 Å². The van der Waals surface area contributed by atoms with Crippen molar-refractivity contribution in [2.45, 2.75) is 50.5 Å². The van der Waals surface area contributed by atoms with Gasteiger partial charge in [-0.1, -0.05) is 26.0 Å². The molecule has 1 spiro atoms. The molecule has 1 heterocycles. The van der Waals surface area contributed by atoms with Crippen LogP contribution in [-0.4, -0.2) is 45.4 Å². The molecule has 0 bridgehead atoms. The lowest BCUT2D eigenvalue weighted by Crippen LogP contribution is -2.35. The van der Waals surface area contributed by atoms with Crippen LogP contribution >= 0.6 is 0 Å². The third-order valence-corrected chi connectivity index (χ3v) is 7.61. The number of methoxy groups -OCH3 is 2. The van der Waals surface area contributed by atoms with Crippen LogP contribution in [0, 0.1) is 17.7 Å². The van der Waals surface area contributed by atoms with Gasteiger partial charge in [0, 0.05) is 36.1 Å². The fourth-order valence-electron chi connectivity index (χ4n) is 5.86. The second-order valence-corrected chi connectivity index (χ2v) is 9.95. The Morgan fingerprint density at radius 3 is 2.49 bits per heavy atom. The van der Waals surface area contributed by atoms with Gasteiger partial charge in [0.25, 0.3) is 0 Å². The first-order valence-corrected chi connectivity index (χ1v) is 12.1. The van der Waals surface area contributed by atoms with E-state index in [1.807, 2.05) is 32.0 Å². The van der Waals surface area contributed by atoms with Gasteiger partial charge in [0.1, 0.15) is 11.6 Å². The topological polar surface area (TPSA) is 65.1 Å². The van der Waals surface area contributed by atoms with Gasteiger partial charge in [0.15, 0.2) is 0 Å². The summed E-state index contributed by atoms with van der Waals surface area (Å²) in [5.41, 5.74) is 2.09. The van der Waals surface area contributed by atoms with Gasteiger partial charge in [-0.05, 0) is 55.2 Å². The average molecular weight is 484 g/mol. The molecule has 188 valence electrons. The van der Waals surface area contributed by atoms with Crippen LogP contribution in [0.5, 0.6) is 5.75 Å². The number of rotatable bonds is 6. The summed E-state index contributed by atoms with van der Waals surface area (Å²) in [6, 6.07) is 12.1. The smallest absolute Gasteiger partial charge is 0.309 e. The highest BCUT2D eigenvalue weighted by atomic mass is 19.1. The average Bonchev–Trinajstić information content (AvgIpc) is 3.46. The number of nitrogens with zero attached hydrogens (tertiary/aromatic N) is 1. The molecule has 0 N–H and O–H groups in total. The predicted octanol–water partition coefficient (Wildman–Crippen LogP) is 5.06. The quantitative estimate of drug-likeness (QED) is 0.537. The Morgan fingerprint density at radius 1 is 1.14 bits per heavy atom. The highest BCUT2D eigenvalue weighted by Gasteiger charge is 2.56. The number of halogens is 1. The molecular formula is C28H34FNO5. The van der Waals surface area contributed by atoms with Crippen molar-refractivity contribution < 1.29 is 28.2 Å². The SMILES string of the molecule is COC(=O)[C@H]1CC[C@@]2(C[C@@H](c3cc(N(C)C(=O)C(C)C)ccc3OC)CO2)[C@@H]1c1ccc(F)cc1. The maximum Gasteiger partial charge on any atom is 0.309 e. The number of amides is 1. The molecule has 1 aliphatic carbocycles. The summed E-state index contributed by atoms with van der Waals surface area (Å²) in [4.78, 5) is 26.9. The van der Waals surface area contributed by atoms with Gasteiger partial charge in [-0.2, -0.15) is 0 Å². The van der Waals surface area contributed by atoms with E-state index in [0.29, 0.717) is 25.9 Å². The molecule has 35 heavy (non-hydrogen) atoms. The van der Waals surface area contributed by atoms with Gasteiger partial charge in [-0.25, -0.2) is 4.39 Å². The van der Waals surface area contributed by atoms with E-state index in [4.69, 9.17) is 14.2 Å². The molecule has 0 aromatic heterocycles. The molecule has 4 atom stereocenters. The molecule has 2 fully saturated rings. The summed E-state index contributed by atoms with van der Waals surface area (Å²) < 4.78 is 31.0. The maximum atomic E-state index is 13.7. The van der Waals surface area contributed by atoms with Gasteiger partial charge in [-0.3, -0.25) is 9.59 Å². The van der Waals surface area contributed by atoms with E-state index in [1.165, 1.54) is 19.2 Å². The van der Waals surface area contributed by atoms with E-state index >= 15 is 0 Å².